The lowest BCUT2D eigenvalue weighted by molar-refractivity contribution is -0.274. The van der Waals surface area contributed by atoms with Crippen LogP contribution in [0.1, 0.15) is 37.0 Å². The van der Waals surface area contributed by atoms with E-state index in [1.54, 1.807) is 18.2 Å². The number of ether oxygens (including phenoxy) is 2. The Morgan fingerprint density at radius 3 is 2.10 bits per heavy atom. The fourth-order valence-corrected chi connectivity index (χ4v) is 9.55. The summed E-state index contributed by atoms with van der Waals surface area (Å²) < 4.78 is 73.9. The number of sulfone groups is 1. The van der Waals surface area contributed by atoms with E-state index in [0.717, 1.165) is 27.6 Å². The molecule has 40 heavy (non-hydrogen) atoms. The molecule has 0 spiro atoms. The summed E-state index contributed by atoms with van der Waals surface area (Å²) in [5.74, 6) is -0.791. The largest absolute Gasteiger partial charge is 0.573 e. The maximum absolute atomic E-state index is 13.4. The first kappa shape index (κ1) is 30.3. The first-order valence-electron chi connectivity index (χ1n) is 13.2. The minimum Gasteiger partial charge on any atom is -0.437 e. The predicted octanol–water partition coefficient (Wildman–Crippen LogP) is 8.39. The van der Waals surface area contributed by atoms with Crippen LogP contribution in [0.5, 0.6) is 5.75 Å². The molecule has 0 radical (unpaired) electrons. The summed E-state index contributed by atoms with van der Waals surface area (Å²) in [6, 6.07) is 17.6. The van der Waals surface area contributed by atoms with Gasteiger partial charge >= 0.3 is 12.3 Å². The van der Waals surface area contributed by atoms with Crippen LogP contribution < -0.4 is 4.74 Å². The SMILES string of the molecule is C[Si](C)(C)CCCC(=O)O[C@@]1(c2ccc(-c3ccc(-c4ccc(OC(F)(F)F)cc4)cc3)s2)CCCCS1(=O)=O. The van der Waals surface area contributed by atoms with Crippen molar-refractivity contribution >= 4 is 35.2 Å². The van der Waals surface area contributed by atoms with E-state index in [1.165, 1.54) is 23.5 Å². The highest BCUT2D eigenvalue weighted by molar-refractivity contribution is 7.92. The van der Waals surface area contributed by atoms with Crippen LogP contribution in [0.4, 0.5) is 13.2 Å². The number of hydrogen-bond donors (Lipinski definition) is 0. The lowest BCUT2D eigenvalue weighted by Gasteiger charge is -2.35. The smallest absolute Gasteiger partial charge is 0.437 e. The van der Waals surface area contributed by atoms with Crippen molar-refractivity contribution in [2.45, 2.75) is 69.1 Å². The summed E-state index contributed by atoms with van der Waals surface area (Å²) >= 11 is 1.30. The minimum atomic E-state index is -4.75. The summed E-state index contributed by atoms with van der Waals surface area (Å²) in [6.45, 7) is 6.69. The number of thiophene rings is 1. The molecule has 1 aromatic heterocycles. The molecule has 5 nitrogen and oxygen atoms in total. The molecule has 0 aliphatic carbocycles. The van der Waals surface area contributed by atoms with Crippen LogP contribution in [0.2, 0.25) is 25.7 Å². The highest BCUT2D eigenvalue weighted by atomic mass is 32.2. The molecule has 1 aliphatic rings. The molecule has 0 amide bonds. The maximum Gasteiger partial charge on any atom is 0.573 e. The summed E-state index contributed by atoms with van der Waals surface area (Å²) in [6.07, 6.45) is -2.43. The van der Waals surface area contributed by atoms with Gasteiger partial charge in [0.2, 0.25) is 4.93 Å². The van der Waals surface area contributed by atoms with Gasteiger partial charge in [-0.25, -0.2) is 8.42 Å². The molecular formula is C29H33F3O5S2Si. The highest BCUT2D eigenvalue weighted by Crippen LogP contribution is 2.46. The molecule has 2 aromatic carbocycles. The van der Waals surface area contributed by atoms with Gasteiger partial charge in [-0.15, -0.1) is 24.5 Å². The Morgan fingerprint density at radius 1 is 0.925 bits per heavy atom. The van der Waals surface area contributed by atoms with Crippen LogP contribution in [-0.4, -0.2) is 34.6 Å². The van der Waals surface area contributed by atoms with Crippen LogP contribution in [0.25, 0.3) is 21.6 Å². The van der Waals surface area contributed by atoms with Crippen LogP contribution >= 0.6 is 11.3 Å². The van der Waals surface area contributed by atoms with Crippen LogP contribution in [0, 0.1) is 0 Å². The van der Waals surface area contributed by atoms with Gasteiger partial charge in [0.1, 0.15) is 5.75 Å². The minimum absolute atomic E-state index is 0.0239. The molecule has 1 aliphatic heterocycles. The van der Waals surface area contributed by atoms with Gasteiger partial charge < -0.3 is 9.47 Å². The Labute approximate surface area is 238 Å². The van der Waals surface area contributed by atoms with Gasteiger partial charge in [-0.1, -0.05) is 62.1 Å². The summed E-state index contributed by atoms with van der Waals surface area (Å²) in [4.78, 5) is 12.5. The second-order valence-corrected chi connectivity index (χ2v) is 20.2. The quantitative estimate of drug-likeness (QED) is 0.180. The first-order valence-corrected chi connectivity index (χ1v) is 19.4. The Hall–Kier alpha value is -2.63. The standard InChI is InChI=1S/C29H33F3O5S2Si/c1-40(2,3)20-6-7-27(33)37-28(18-4-5-19-39(28,34)35)26-17-16-25(38-26)23-10-8-21(9-11-23)22-12-14-24(15-13-22)36-29(30,31)32/h8-17H,4-7,18-20H2,1-3H3/t28-/m0/s1. The molecule has 2 heterocycles. The van der Waals surface area contributed by atoms with Gasteiger partial charge in [0.05, 0.1) is 10.6 Å². The van der Waals surface area contributed by atoms with Crippen LogP contribution in [0.15, 0.2) is 60.7 Å². The van der Waals surface area contributed by atoms with E-state index in [-0.39, 0.29) is 24.3 Å². The third-order valence-corrected chi connectivity index (χ3v) is 12.4. The van der Waals surface area contributed by atoms with Crippen molar-refractivity contribution in [3.05, 3.63) is 65.5 Å². The van der Waals surface area contributed by atoms with Crippen molar-refractivity contribution in [1.82, 2.24) is 0 Å². The van der Waals surface area contributed by atoms with E-state index in [0.29, 0.717) is 24.1 Å². The van der Waals surface area contributed by atoms with Gasteiger partial charge in [0, 0.05) is 25.8 Å². The normalized spacial score (nSPS) is 19.2. The highest BCUT2D eigenvalue weighted by Gasteiger charge is 2.51. The molecule has 1 saturated heterocycles. The average Bonchev–Trinajstić information content (AvgIpc) is 3.35. The number of esters is 1. The van der Waals surface area contributed by atoms with E-state index in [1.807, 2.05) is 30.3 Å². The number of hydrogen-bond acceptors (Lipinski definition) is 6. The van der Waals surface area contributed by atoms with Crippen LogP contribution in [0.3, 0.4) is 0 Å². The van der Waals surface area contributed by atoms with Crippen molar-refractivity contribution in [3.63, 3.8) is 0 Å². The summed E-state index contributed by atoms with van der Waals surface area (Å²) in [5, 5.41) is 0. The molecule has 11 heteroatoms. The number of benzene rings is 2. The Balaban J connectivity index is 1.54. The Morgan fingerprint density at radius 2 is 1.52 bits per heavy atom. The van der Waals surface area contributed by atoms with E-state index < -0.39 is 35.2 Å². The van der Waals surface area contributed by atoms with E-state index >= 15 is 0 Å². The molecule has 216 valence electrons. The zero-order chi connectivity index (χ0) is 29.2. The number of halogens is 3. The molecule has 4 rings (SSSR count). The predicted molar refractivity (Wildman–Crippen MR) is 155 cm³/mol. The van der Waals surface area contributed by atoms with Gasteiger partial charge in [-0.05, 0) is 60.2 Å². The lowest BCUT2D eigenvalue weighted by Crippen LogP contribution is -2.44. The van der Waals surface area contributed by atoms with Crippen molar-refractivity contribution in [1.29, 1.82) is 0 Å². The summed E-state index contributed by atoms with van der Waals surface area (Å²) in [7, 11) is -5.05. The molecule has 0 bridgehead atoms. The number of alkyl halides is 3. The van der Waals surface area contributed by atoms with E-state index in [4.69, 9.17) is 4.74 Å². The van der Waals surface area contributed by atoms with Crippen molar-refractivity contribution < 1.29 is 35.9 Å². The van der Waals surface area contributed by atoms with Crippen molar-refractivity contribution in [2.24, 2.45) is 0 Å². The van der Waals surface area contributed by atoms with Crippen molar-refractivity contribution in [2.75, 3.05) is 5.75 Å². The monoisotopic (exact) mass is 610 g/mol. The number of carbonyl (C=O) groups excluding carboxylic acids is 1. The fourth-order valence-electron chi connectivity index (χ4n) is 4.78. The topological polar surface area (TPSA) is 69.7 Å². The van der Waals surface area contributed by atoms with Crippen molar-refractivity contribution in [3.8, 4) is 27.3 Å². The lowest BCUT2D eigenvalue weighted by atomic mass is 10.0. The molecule has 0 unspecified atom stereocenters. The first-order chi connectivity index (χ1) is 18.7. The van der Waals surface area contributed by atoms with Gasteiger partial charge in [0.15, 0.2) is 9.84 Å². The molecule has 0 N–H and O–H groups in total. The Bertz CT molecular complexity index is 1430. The molecule has 0 saturated carbocycles. The number of rotatable bonds is 9. The van der Waals surface area contributed by atoms with Gasteiger partial charge in [0.25, 0.3) is 0 Å². The molecular weight excluding hydrogens is 578 g/mol. The van der Waals surface area contributed by atoms with E-state index in [2.05, 4.69) is 24.4 Å². The van der Waals surface area contributed by atoms with Gasteiger partial charge in [-0.2, -0.15) is 0 Å². The Kier molecular flexibility index (Phi) is 8.87. The van der Waals surface area contributed by atoms with Gasteiger partial charge in [-0.3, -0.25) is 4.79 Å². The van der Waals surface area contributed by atoms with Crippen LogP contribution in [-0.2, 0) is 24.3 Å². The maximum atomic E-state index is 13.4. The third kappa shape index (κ3) is 7.35. The average molecular weight is 611 g/mol. The second kappa shape index (κ2) is 11.7. The molecule has 1 fully saturated rings. The van der Waals surface area contributed by atoms with E-state index in [9.17, 15) is 26.4 Å². The third-order valence-electron chi connectivity index (χ3n) is 6.83. The molecule has 3 aromatic rings. The zero-order valence-electron chi connectivity index (χ0n) is 22.7. The zero-order valence-corrected chi connectivity index (χ0v) is 25.3. The fraction of sp³-hybridized carbons (Fsp3) is 0.414. The second-order valence-electron chi connectivity index (χ2n) is 11.2. The molecule has 1 atom stereocenters. The number of carbonyl (C=O) groups is 1. The summed E-state index contributed by atoms with van der Waals surface area (Å²) in [5.41, 5.74) is 2.38.